The van der Waals surface area contributed by atoms with E-state index in [1.807, 2.05) is 25.3 Å². The maximum Gasteiger partial charge on any atom is 0.416 e. The molecule has 2 heterocycles. The van der Waals surface area contributed by atoms with Gasteiger partial charge in [0.2, 0.25) is 0 Å². The molecular formula is C31H23F3N4OS2. The zero-order valence-electron chi connectivity index (χ0n) is 21.9. The Morgan fingerprint density at radius 1 is 0.902 bits per heavy atom. The monoisotopic (exact) mass is 588 g/mol. The zero-order valence-corrected chi connectivity index (χ0v) is 23.6. The number of thiazole rings is 1. The number of nitrogens with one attached hydrogen (secondary N) is 1. The lowest BCUT2D eigenvalue weighted by molar-refractivity contribution is -0.137. The molecule has 0 atom stereocenters. The van der Waals surface area contributed by atoms with Gasteiger partial charge in [0.05, 0.1) is 11.1 Å². The number of benzene rings is 3. The van der Waals surface area contributed by atoms with Crippen molar-refractivity contribution in [3.63, 3.8) is 0 Å². The van der Waals surface area contributed by atoms with Gasteiger partial charge in [0.1, 0.15) is 17.6 Å². The molecular weight excluding hydrogens is 565 g/mol. The first-order chi connectivity index (χ1) is 19.7. The maximum atomic E-state index is 13.7. The SMILES string of the molecule is CC(C)c1cc(-c2ccc(Oc3ccc(SNc4nccs4)cc3C#N)c(-c3ccncc3)c2)cc(C(F)(F)F)c1. The summed E-state index contributed by atoms with van der Waals surface area (Å²) in [4.78, 5) is 9.07. The number of pyridine rings is 1. The van der Waals surface area contributed by atoms with Crippen molar-refractivity contribution in [2.75, 3.05) is 4.72 Å². The summed E-state index contributed by atoms with van der Waals surface area (Å²) in [5.74, 6) is 0.727. The fourth-order valence-electron chi connectivity index (χ4n) is 4.11. The molecule has 2 aromatic heterocycles. The Hall–Kier alpha value is -4.33. The molecule has 0 aliphatic heterocycles. The van der Waals surface area contributed by atoms with Gasteiger partial charge in [-0.15, -0.1) is 11.3 Å². The second kappa shape index (κ2) is 12.0. The highest BCUT2D eigenvalue weighted by Gasteiger charge is 2.31. The van der Waals surface area contributed by atoms with Crippen molar-refractivity contribution in [3.8, 4) is 39.8 Å². The van der Waals surface area contributed by atoms with Gasteiger partial charge >= 0.3 is 6.18 Å². The Morgan fingerprint density at radius 3 is 2.37 bits per heavy atom. The van der Waals surface area contributed by atoms with Crippen LogP contribution in [0.5, 0.6) is 11.5 Å². The number of aromatic nitrogens is 2. The normalized spacial score (nSPS) is 11.3. The minimum Gasteiger partial charge on any atom is -0.455 e. The minimum atomic E-state index is -4.47. The van der Waals surface area contributed by atoms with Crippen molar-refractivity contribution in [1.82, 2.24) is 9.97 Å². The predicted molar refractivity (Wildman–Crippen MR) is 157 cm³/mol. The summed E-state index contributed by atoms with van der Waals surface area (Å²) in [6, 6.07) is 20.5. The molecule has 10 heteroatoms. The van der Waals surface area contributed by atoms with E-state index in [0.29, 0.717) is 39.3 Å². The lowest BCUT2D eigenvalue weighted by Gasteiger charge is -2.17. The van der Waals surface area contributed by atoms with Crippen LogP contribution in [-0.2, 0) is 6.18 Å². The number of hydrogen-bond acceptors (Lipinski definition) is 7. The fourth-order valence-corrected chi connectivity index (χ4v) is 5.38. The van der Waals surface area contributed by atoms with Crippen LogP contribution in [0.1, 0.15) is 36.5 Å². The van der Waals surface area contributed by atoms with E-state index in [2.05, 4.69) is 20.8 Å². The van der Waals surface area contributed by atoms with Crippen LogP contribution in [0.25, 0.3) is 22.3 Å². The lowest BCUT2D eigenvalue weighted by atomic mass is 9.92. The average Bonchev–Trinajstić information content (AvgIpc) is 3.50. The molecule has 5 rings (SSSR count). The highest BCUT2D eigenvalue weighted by molar-refractivity contribution is 8.00. The van der Waals surface area contributed by atoms with E-state index in [1.165, 1.54) is 35.4 Å². The summed E-state index contributed by atoms with van der Waals surface area (Å²) in [6.07, 6.45) is 0.502. The summed E-state index contributed by atoms with van der Waals surface area (Å²) in [5, 5.41) is 12.5. The number of nitriles is 1. The molecule has 0 spiro atoms. The first-order valence-corrected chi connectivity index (χ1v) is 14.2. The number of rotatable bonds is 8. The topological polar surface area (TPSA) is 70.8 Å². The fraction of sp³-hybridized carbons (Fsp3) is 0.129. The number of alkyl halides is 3. The number of nitrogens with zero attached hydrogens (tertiary/aromatic N) is 3. The van der Waals surface area contributed by atoms with Gasteiger partial charge in [-0.25, -0.2) is 4.98 Å². The minimum absolute atomic E-state index is 0.0827. The van der Waals surface area contributed by atoms with Crippen LogP contribution in [0.4, 0.5) is 18.3 Å². The molecule has 0 saturated carbocycles. The molecule has 5 nitrogen and oxygen atoms in total. The Kier molecular flexibility index (Phi) is 8.28. The average molecular weight is 589 g/mol. The number of anilines is 1. The predicted octanol–water partition coefficient (Wildman–Crippen LogP) is 9.80. The third-order valence-electron chi connectivity index (χ3n) is 6.23. The smallest absolute Gasteiger partial charge is 0.416 e. The summed E-state index contributed by atoms with van der Waals surface area (Å²) in [6.45, 7) is 3.73. The van der Waals surface area contributed by atoms with Crippen LogP contribution < -0.4 is 9.46 Å². The maximum absolute atomic E-state index is 13.7. The second-order valence-electron chi connectivity index (χ2n) is 9.36. The van der Waals surface area contributed by atoms with E-state index in [4.69, 9.17) is 4.74 Å². The molecule has 3 aromatic carbocycles. The standard InChI is InChI=1S/C31H23F3N4OS2/c1-19(2)22-13-23(15-25(14-22)31(32,33)34)21-3-5-29(27(17-21)20-7-9-36-10-8-20)39-28-6-4-26(16-24(28)18-35)41-38-30-37-11-12-40-30/h3-17,19H,1-2H3,(H,37,38). The van der Waals surface area contributed by atoms with Gasteiger partial charge in [-0.2, -0.15) is 18.4 Å². The van der Waals surface area contributed by atoms with Gasteiger partial charge in [0.25, 0.3) is 0 Å². The highest BCUT2D eigenvalue weighted by Crippen LogP contribution is 2.40. The number of halogens is 3. The van der Waals surface area contributed by atoms with Crippen LogP contribution in [0.2, 0.25) is 0 Å². The molecule has 0 bridgehead atoms. The lowest BCUT2D eigenvalue weighted by Crippen LogP contribution is -2.06. The number of ether oxygens (including phenoxy) is 1. The number of hydrogen-bond donors (Lipinski definition) is 1. The Labute approximate surface area is 243 Å². The first-order valence-electron chi connectivity index (χ1n) is 12.5. The van der Waals surface area contributed by atoms with Crippen molar-refractivity contribution < 1.29 is 17.9 Å². The Bertz CT molecular complexity index is 1700. The Morgan fingerprint density at radius 2 is 1.68 bits per heavy atom. The van der Waals surface area contributed by atoms with Crippen LogP contribution in [-0.4, -0.2) is 9.97 Å². The van der Waals surface area contributed by atoms with E-state index >= 15 is 0 Å². The third kappa shape index (κ3) is 6.70. The van der Waals surface area contributed by atoms with Crippen molar-refractivity contribution in [1.29, 1.82) is 5.26 Å². The van der Waals surface area contributed by atoms with Crippen LogP contribution >= 0.6 is 23.3 Å². The van der Waals surface area contributed by atoms with Crippen LogP contribution in [0.3, 0.4) is 0 Å². The molecule has 0 fully saturated rings. The van der Waals surface area contributed by atoms with Gasteiger partial charge < -0.3 is 9.46 Å². The second-order valence-corrected chi connectivity index (χ2v) is 11.1. The van der Waals surface area contributed by atoms with E-state index in [1.54, 1.807) is 67.1 Å². The molecule has 0 amide bonds. The zero-order chi connectivity index (χ0) is 29.0. The van der Waals surface area contributed by atoms with E-state index in [-0.39, 0.29) is 5.92 Å². The van der Waals surface area contributed by atoms with Crippen LogP contribution in [0.15, 0.2) is 95.6 Å². The van der Waals surface area contributed by atoms with E-state index in [9.17, 15) is 18.4 Å². The highest BCUT2D eigenvalue weighted by atomic mass is 32.2. The van der Waals surface area contributed by atoms with Gasteiger partial charge in [-0.3, -0.25) is 4.98 Å². The van der Waals surface area contributed by atoms with E-state index in [0.717, 1.165) is 15.6 Å². The van der Waals surface area contributed by atoms with Crippen molar-refractivity contribution in [2.45, 2.75) is 30.8 Å². The van der Waals surface area contributed by atoms with Crippen molar-refractivity contribution >= 4 is 28.4 Å². The Balaban J connectivity index is 1.53. The van der Waals surface area contributed by atoms with Gasteiger partial charge in [0, 0.05) is 34.4 Å². The molecule has 0 aliphatic rings. The molecule has 1 N–H and O–H groups in total. The van der Waals surface area contributed by atoms with Gasteiger partial charge in [0.15, 0.2) is 5.13 Å². The molecule has 206 valence electrons. The molecule has 0 saturated heterocycles. The molecule has 5 aromatic rings. The quantitative estimate of drug-likeness (QED) is 0.182. The summed E-state index contributed by atoms with van der Waals surface area (Å²) >= 11 is 2.80. The molecule has 0 unspecified atom stereocenters. The third-order valence-corrected chi connectivity index (χ3v) is 7.84. The van der Waals surface area contributed by atoms with Gasteiger partial charge in [-0.05, 0) is 94.7 Å². The van der Waals surface area contributed by atoms with Crippen LogP contribution in [0, 0.1) is 11.3 Å². The summed E-state index contributed by atoms with van der Waals surface area (Å²) < 4.78 is 50.6. The largest absolute Gasteiger partial charge is 0.455 e. The first kappa shape index (κ1) is 28.2. The summed E-state index contributed by atoms with van der Waals surface area (Å²) in [5.41, 5.74) is 2.73. The van der Waals surface area contributed by atoms with E-state index < -0.39 is 11.7 Å². The molecule has 0 aliphatic carbocycles. The van der Waals surface area contributed by atoms with Crippen molar-refractivity contribution in [2.24, 2.45) is 0 Å². The van der Waals surface area contributed by atoms with Gasteiger partial charge in [-0.1, -0.05) is 26.0 Å². The molecule has 0 radical (unpaired) electrons. The van der Waals surface area contributed by atoms with Crippen molar-refractivity contribution in [3.05, 3.63) is 107 Å². The molecule has 41 heavy (non-hydrogen) atoms. The summed E-state index contributed by atoms with van der Waals surface area (Å²) in [7, 11) is 0.